The molecule has 1 aliphatic carbocycles. The van der Waals surface area contributed by atoms with Crippen molar-refractivity contribution >= 4 is 30.7 Å². The van der Waals surface area contributed by atoms with Crippen LogP contribution < -0.4 is 10.6 Å². The van der Waals surface area contributed by atoms with E-state index in [2.05, 4.69) is 20.6 Å². The molecule has 1 aromatic heterocycles. The van der Waals surface area contributed by atoms with E-state index in [1.165, 1.54) is 12.8 Å². The standard InChI is InChI=1S/C12H18N4O.2ClH/c17-12(15-9-2-1-5-13-6-9)10-7-14-11(16-10)8-3-4-8;;/h7-9,13H,1-6H2,(H,14,16)(H,15,17);2*1H/t9-;;/m0../s1. The predicted octanol–water partition coefficient (Wildman–Crippen LogP) is 1.61. The molecule has 1 saturated carbocycles. The largest absolute Gasteiger partial charge is 0.347 e. The van der Waals surface area contributed by atoms with E-state index in [0.717, 1.165) is 31.8 Å². The van der Waals surface area contributed by atoms with Crippen molar-refractivity contribution in [1.29, 1.82) is 0 Å². The third kappa shape index (κ3) is 4.09. The molecule has 108 valence electrons. The predicted molar refractivity (Wildman–Crippen MR) is 78.4 cm³/mol. The molecule has 19 heavy (non-hydrogen) atoms. The average Bonchev–Trinajstić information content (AvgIpc) is 3.08. The second-order valence-corrected chi connectivity index (χ2v) is 4.97. The second kappa shape index (κ2) is 7.12. The Morgan fingerprint density at radius 1 is 1.32 bits per heavy atom. The van der Waals surface area contributed by atoms with Gasteiger partial charge in [-0.05, 0) is 32.2 Å². The Bertz CT molecular complexity index is 414. The first kappa shape index (κ1) is 16.3. The Labute approximate surface area is 125 Å². The Morgan fingerprint density at radius 3 is 2.74 bits per heavy atom. The summed E-state index contributed by atoms with van der Waals surface area (Å²) in [5.41, 5.74) is 0.595. The van der Waals surface area contributed by atoms with Gasteiger partial charge in [0.1, 0.15) is 11.5 Å². The van der Waals surface area contributed by atoms with Crippen molar-refractivity contribution < 1.29 is 4.79 Å². The molecule has 0 aromatic carbocycles. The molecule has 1 amide bonds. The number of H-pyrrole nitrogens is 1. The topological polar surface area (TPSA) is 69.8 Å². The summed E-state index contributed by atoms with van der Waals surface area (Å²) in [7, 11) is 0. The number of piperidine rings is 1. The van der Waals surface area contributed by atoms with Crippen molar-refractivity contribution in [2.75, 3.05) is 13.1 Å². The highest BCUT2D eigenvalue weighted by Gasteiger charge is 2.27. The molecule has 2 aliphatic rings. The van der Waals surface area contributed by atoms with Gasteiger partial charge in [-0.2, -0.15) is 0 Å². The lowest BCUT2D eigenvalue weighted by atomic mass is 10.1. The number of amides is 1. The van der Waals surface area contributed by atoms with Gasteiger partial charge in [-0.15, -0.1) is 24.8 Å². The number of halogens is 2. The van der Waals surface area contributed by atoms with Crippen LogP contribution in [-0.4, -0.2) is 35.0 Å². The van der Waals surface area contributed by atoms with E-state index in [1.807, 2.05) is 0 Å². The maximum absolute atomic E-state index is 12.0. The van der Waals surface area contributed by atoms with Gasteiger partial charge in [0, 0.05) is 18.5 Å². The maximum atomic E-state index is 12.0. The van der Waals surface area contributed by atoms with Gasteiger partial charge in [-0.25, -0.2) is 4.98 Å². The van der Waals surface area contributed by atoms with E-state index in [1.54, 1.807) is 6.20 Å². The molecule has 2 fully saturated rings. The number of rotatable bonds is 3. The second-order valence-electron chi connectivity index (χ2n) is 4.97. The minimum absolute atomic E-state index is 0. The lowest BCUT2D eigenvalue weighted by Gasteiger charge is -2.23. The van der Waals surface area contributed by atoms with Crippen molar-refractivity contribution in [2.24, 2.45) is 0 Å². The van der Waals surface area contributed by atoms with Crippen LogP contribution >= 0.6 is 24.8 Å². The van der Waals surface area contributed by atoms with Crippen LogP contribution in [0.1, 0.15) is 47.9 Å². The number of nitrogens with one attached hydrogen (secondary N) is 3. The fourth-order valence-electron chi connectivity index (χ4n) is 2.25. The van der Waals surface area contributed by atoms with Crippen LogP contribution in [0.5, 0.6) is 0 Å². The molecule has 1 atom stereocenters. The quantitative estimate of drug-likeness (QED) is 0.794. The molecule has 7 heteroatoms. The van der Waals surface area contributed by atoms with Crippen molar-refractivity contribution in [3.05, 3.63) is 17.7 Å². The number of carbonyl (C=O) groups excluding carboxylic acids is 1. The number of imidazole rings is 1. The Balaban J connectivity index is 0.000000902. The van der Waals surface area contributed by atoms with Gasteiger partial charge in [-0.3, -0.25) is 4.79 Å². The summed E-state index contributed by atoms with van der Waals surface area (Å²) in [6.45, 7) is 1.93. The van der Waals surface area contributed by atoms with Crippen LogP contribution in [0.3, 0.4) is 0 Å². The first-order valence-corrected chi connectivity index (χ1v) is 6.39. The normalized spacial score (nSPS) is 22.0. The first-order chi connectivity index (χ1) is 8.33. The third-order valence-electron chi connectivity index (χ3n) is 3.44. The third-order valence-corrected chi connectivity index (χ3v) is 3.44. The highest BCUT2D eigenvalue weighted by Crippen LogP contribution is 2.38. The molecule has 0 bridgehead atoms. The van der Waals surface area contributed by atoms with Crippen molar-refractivity contribution in [3.8, 4) is 0 Å². The highest BCUT2D eigenvalue weighted by molar-refractivity contribution is 5.92. The lowest BCUT2D eigenvalue weighted by molar-refractivity contribution is 0.0926. The van der Waals surface area contributed by atoms with E-state index < -0.39 is 0 Å². The molecular formula is C12H20Cl2N4O. The summed E-state index contributed by atoms with van der Waals surface area (Å²) in [6, 6.07) is 0.254. The summed E-state index contributed by atoms with van der Waals surface area (Å²) in [6.07, 6.45) is 6.23. The van der Waals surface area contributed by atoms with Crippen LogP contribution in [-0.2, 0) is 0 Å². The lowest BCUT2D eigenvalue weighted by Crippen LogP contribution is -2.45. The first-order valence-electron chi connectivity index (χ1n) is 6.39. The van der Waals surface area contributed by atoms with E-state index in [4.69, 9.17) is 0 Å². The molecule has 0 radical (unpaired) electrons. The van der Waals surface area contributed by atoms with E-state index >= 15 is 0 Å². The van der Waals surface area contributed by atoms with Gasteiger partial charge < -0.3 is 15.6 Å². The summed E-state index contributed by atoms with van der Waals surface area (Å²) in [5.74, 6) is 1.50. The minimum atomic E-state index is -0.0295. The Kier molecular flexibility index (Phi) is 6.10. The Morgan fingerprint density at radius 2 is 2.11 bits per heavy atom. The smallest absolute Gasteiger partial charge is 0.269 e. The number of hydrogen-bond donors (Lipinski definition) is 3. The fraction of sp³-hybridized carbons (Fsp3) is 0.667. The fourth-order valence-corrected chi connectivity index (χ4v) is 2.25. The van der Waals surface area contributed by atoms with Gasteiger partial charge in [0.2, 0.25) is 0 Å². The van der Waals surface area contributed by atoms with Crippen LogP contribution in [0.4, 0.5) is 0 Å². The van der Waals surface area contributed by atoms with E-state index in [0.29, 0.717) is 11.6 Å². The van der Waals surface area contributed by atoms with Crippen LogP contribution in [0, 0.1) is 0 Å². The van der Waals surface area contributed by atoms with Gasteiger partial charge in [0.15, 0.2) is 0 Å². The van der Waals surface area contributed by atoms with Crippen molar-refractivity contribution in [1.82, 2.24) is 20.6 Å². The highest BCUT2D eigenvalue weighted by atomic mass is 35.5. The van der Waals surface area contributed by atoms with Crippen molar-refractivity contribution in [2.45, 2.75) is 37.6 Å². The molecule has 0 unspecified atom stereocenters. The van der Waals surface area contributed by atoms with E-state index in [9.17, 15) is 4.79 Å². The molecule has 3 N–H and O–H groups in total. The van der Waals surface area contributed by atoms with Gasteiger partial charge >= 0.3 is 0 Å². The molecule has 0 spiro atoms. The number of carbonyl (C=O) groups is 1. The zero-order valence-corrected chi connectivity index (χ0v) is 12.3. The summed E-state index contributed by atoms with van der Waals surface area (Å²) < 4.78 is 0. The minimum Gasteiger partial charge on any atom is -0.347 e. The van der Waals surface area contributed by atoms with Gasteiger partial charge in [0.05, 0.1) is 6.20 Å². The number of hydrogen-bond acceptors (Lipinski definition) is 3. The summed E-state index contributed by atoms with van der Waals surface area (Å²) in [5, 5.41) is 6.32. The monoisotopic (exact) mass is 306 g/mol. The van der Waals surface area contributed by atoms with Gasteiger partial charge in [0.25, 0.3) is 5.91 Å². The Hall–Kier alpha value is -0.780. The zero-order chi connectivity index (χ0) is 11.7. The van der Waals surface area contributed by atoms with Crippen molar-refractivity contribution in [3.63, 3.8) is 0 Å². The summed E-state index contributed by atoms with van der Waals surface area (Å²) >= 11 is 0. The molecule has 3 rings (SSSR count). The van der Waals surface area contributed by atoms with E-state index in [-0.39, 0.29) is 36.8 Å². The molecule has 2 heterocycles. The van der Waals surface area contributed by atoms with Crippen LogP contribution in [0.15, 0.2) is 6.20 Å². The number of aromatic nitrogens is 2. The summed E-state index contributed by atoms with van der Waals surface area (Å²) in [4.78, 5) is 19.3. The molecular weight excluding hydrogens is 287 g/mol. The zero-order valence-electron chi connectivity index (χ0n) is 10.6. The van der Waals surface area contributed by atoms with Crippen LogP contribution in [0.25, 0.3) is 0 Å². The number of aromatic amines is 1. The molecule has 5 nitrogen and oxygen atoms in total. The molecule has 1 aliphatic heterocycles. The molecule has 1 saturated heterocycles. The van der Waals surface area contributed by atoms with Crippen LogP contribution in [0.2, 0.25) is 0 Å². The maximum Gasteiger partial charge on any atom is 0.269 e. The number of nitrogens with zero attached hydrogens (tertiary/aromatic N) is 1. The molecule has 1 aromatic rings. The SMILES string of the molecule is Cl.Cl.O=C(N[C@H]1CCCNC1)c1cnc(C2CC2)[nH]1. The van der Waals surface area contributed by atoms with Gasteiger partial charge in [-0.1, -0.05) is 0 Å². The average molecular weight is 307 g/mol.